The smallest absolute Gasteiger partial charge is 0.321 e. The van der Waals surface area contributed by atoms with Crippen LogP contribution in [0.1, 0.15) is 31.7 Å². The van der Waals surface area contributed by atoms with Gasteiger partial charge in [-0.15, -0.1) is 0 Å². The minimum atomic E-state index is -0.820. The van der Waals surface area contributed by atoms with Gasteiger partial charge in [0, 0.05) is 18.8 Å². The average Bonchev–Trinajstić information content (AvgIpc) is 2.49. The van der Waals surface area contributed by atoms with Gasteiger partial charge < -0.3 is 15.3 Å². The number of carbonyl (C=O) groups excluding carboxylic acids is 1. The standard InChI is InChI=1S/C16H22N2O3/c1-2-6-12-7-3-4-9-14(12)17-16(21)18-10-5-8-13(11-18)15(19)20/h3-4,7,9,13H,2,5-6,8,10-11H2,1H3,(H,17,21)(H,19,20)/t13-/m0/s1. The van der Waals surface area contributed by atoms with Gasteiger partial charge in [-0.3, -0.25) is 4.79 Å². The number of amides is 2. The van der Waals surface area contributed by atoms with Crippen LogP contribution in [0.5, 0.6) is 0 Å². The van der Waals surface area contributed by atoms with Crippen molar-refractivity contribution >= 4 is 17.7 Å². The summed E-state index contributed by atoms with van der Waals surface area (Å²) in [6.07, 6.45) is 3.30. The molecule has 5 nitrogen and oxygen atoms in total. The Labute approximate surface area is 125 Å². The van der Waals surface area contributed by atoms with Crippen LogP contribution in [0.4, 0.5) is 10.5 Å². The van der Waals surface area contributed by atoms with Crippen LogP contribution in [0.3, 0.4) is 0 Å². The summed E-state index contributed by atoms with van der Waals surface area (Å²) in [4.78, 5) is 25.0. The molecule has 0 radical (unpaired) electrons. The predicted molar refractivity (Wildman–Crippen MR) is 81.4 cm³/mol. The Morgan fingerprint density at radius 1 is 1.38 bits per heavy atom. The number of hydrogen-bond donors (Lipinski definition) is 2. The summed E-state index contributed by atoms with van der Waals surface area (Å²) >= 11 is 0. The molecule has 1 heterocycles. The summed E-state index contributed by atoms with van der Waals surface area (Å²) in [5.74, 6) is -1.27. The molecule has 0 spiro atoms. The number of aryl methyl sites for hydroxylation is 1. The molecule has 2 amide bonds. The van der Waals surface area contributed by atoms with Crippen molar-refractivity contribution < 1.29 is 14.7 Å². The van der Waals surface area contributed by atoms with Gasteiger partial charge in [-0.2, -0.15) is 0 Å². The van der Waals surface area contributed by atoms with E-state index in [4.69, 9.17) is 5.11 Å². The number of rotatable bonds is 4. The zero-order chi connectivity index (χ0) is 15.2. The van der Waals surface area contributed by atoms with Crippen molar-refractivity contribution in [3.8, 4) is 0 Å². The maximum atomic E-state index is 12.3. The van der Waals surface area contributed by atoms with Gasteiger partial charge in [0.25, 0.3) is 0 Å². The molecular weight excluding hydrogens is 268 g/mol. The molecule has 1 aliphatic heterocycles. The lowest BCUT2D eigenvalue weighted by Gasteiger charge is -2.31. The molecule has 1 aliphatic rings. The van der Waals surface area contributed by atoms with Crippen molar-refractivity contribution in [2.24, 2.45) is 5.92 Å². The number of para-hydroxylation sites is 1. The Kier molecular flexibility index (Phi) is 5.20. The van der Waals surface area contributed by atoms with E-state index in [2.05, 4.69) is 12.2 Å². The van der Waals surface area contributed by atoms with Crippen LogP contribution in [0.2, 0.25) is 0 Å². The zero-order valence-corrected chi connectivity index (χ0v) is 12.3. The average molecular weight is 290 g/mol. The molecule has 0 unspecified atom stereocenters. The first-order chi connectivity index (χ1) is 10.1. The SMILES string of the molecule is CCCc1ccccc1NC(=O)N1CCC[C@H](C(=O)O)C1. The van der Waals surface area contributed by atoms with Crippen LogP contribution in [-0.2, 0) is 11.2 Å². The molecule has 2 N–H and O–H groups in total. The lowest BCUT2D eigenvalue weighted by molar-refractivity contribution is -0.143. The molecule has 0 bridgehead atoms. The van der Waals surface area contributed by atoms with Crippen molar-refractivity contribution in [1.82, 2.24) is 4.90 Å². The number of carbonyl (C=O) groups is 2. The Bertz CT molecular complexity index is 516. The second kappa shape index (κ2) is 7.11. The Balaban J connectivity index is 2.02. The summed E-state index contributed by atoms with van der Waals surface area (Å²) in [7, 11) is 0. The minimum Gasteiger partial charge on any atom is -0.481 e. The lowest BCUT2D eigenvalue weighted by atomic mass is 9.99. The van der Waals surface area contributed by atoms with Crippen LogP contribution in [0, 0.1) is 5.92 Å². The molecule has 1 saturated heterocycles. The Morgan fingerprint density at radius 2 is 2.14 bits per heavy atom. The maximum Gasteiger partial charge on any atom is 0.321 e. The highest BCUT2D eigenvalue weighted by Gasteiger charge is 2.28. The molecule has 1 fully saturated rings. The highest BCUT2D eigenvalue weighted by molar-refractivity contribution is 5.90. The number of piperidine rings is 1. The number of anilines is 1. The molecular formula is C16H22N2O3. The highest BCUT2D eigenvalue weighted by Crippen LogP contribution is 2.20. The third-order valence-electron chi connectivity index (χ3n) is 3.84. The van der Waals surface area contributed by atoms with E-state index in [0.29, 0.717) is 13.0 Å². The first kappa shape index (κ1) is 15.4. The summed E-state index contributed by atoms with van der Waals surface area (Å²) in [5.41, 5.74) is 1.93. The maximum absolute atomic E-state index is 12.3. The number of likely N-dealkylation sites (tertiary alicyclic amines) is 1. The van der Waals surface area contributed by atoms with Gasteiger partial charge in [0.05, 0.1) is 5.92 Å². The molecule has 0 aliphatic carbocycles. The second-order valence-corrected chi connectivity index (χ2v) is 5.46. The third kappa shape index (κ3) is 3.97. The fraction of sp³-hybridized carbons (Fsp3) is 0.500. The zero-order valence-electron chi connectivity index (χ0n) is 12.3. The molecule has 0 aromatic heterocycles. The fourth-order valence-electron chi connectivity index (χ4n) is 2.69. The van der Waals surface area contributed by atoms with Crippen LogP contribution in [0.25, 0.3) is 0 Å². The molecule has 114 valence electrons. The van der Waals surface area contributed by atoms with E-state index >= 15 is 0 Å². The molecule has 5 heteroatoms. The minimum absolute atomic E-state index is 0.204. The van der Waals surface area contributed by atoms with Crippen molar-refractivity contribution in [2.45, 2.75) is 32.6 Å². The molecule has 0 saturated carbocycles. The first-order valence-corrected chi connectivity index (χ1v) is 7.48. The topological polar surface area (TPSA) is 69.6 Å². The molecule has 1 atom stereocenters. The van der Waals surface area contributed by atoms with Crippen molar-refractivity contribution in [1.29, 1.82) is 0 Å². The summed E-state index contributed by atoms with van der Waals surface area (Å²) in [6, 6.07) is 7.55. The number of nitrogens with zero attached hydrogens (tertiary/aromatic N) is 1. The van der Waals surface area contributed by atoms with Crippen molar-refractivity contribution in [3.05, 3.63) is 29.8 Å². The summed E-state index contributed by atoms with van der Waals surface area (Å²) < 4.78 is 0. The van der Waals surface area contributed by atoms with Crippen LogP contribution in [-0.4, -0.2) is 35.1 Å². The first-order valence-electron chi connectivity index (χ1n) is 7.48. The van der Waals surface area contributed by atoms with Crippen LogP contribution in [0.15, 0.2) is 24.3 Å². The van der Waals surface area contributed by atoms with E-state index in [-0.39, 0.29) is 12.6 Å². The van der Waals surface area contributed by atoms with Gasteiger partial charge in [-0.25, -0.2) is 4.79 Å². The van der Waals surface area contributed by atoms with Crippen LogP contribution < -0.4 is 5.32 Å². The second-order valence-electron chi connectivity index (χ2n) is 5.46. The summed E-state index contributed by atoms with van der Waals surface area (Å²) in [6.45, 7) is 3.00. The van der Waals surface area contributed by atoms with Gasteiger partial charge in [0.1, 0.15) is 0 Å². The molecule has 21 heavy (non-hydrogen) atoms. The number of benzene rings is 1. The number of urea groups is 1. The van der Waals surface area contributed by atoms with Gasteiger partial charge in [-0.1, -0.05) is 31.5 Å². The number of carboxylic acid groups (broad SMARTS) is 1. The van der Waals surface area contributed by atoms with E-state index in [0.717, 1.165) is 30.5 Å². The third-order valence-corrected chi connectivity index (χ3v) is 3.84. The van der Waals surface area contributed by atoms with Gasteiger partial charge in [-0.05, 0) is 30.9 Å². The number of hydrogen-bond acceptors (Lipinski definition) is 2. The van der Waals surface area contributed by atoms with E-state index in [1.54, 1.807) is 4.90 Å². The molecule has 2 rings (SSSR count). The highest BCUT2D eigenvalue weighted by atomic mass is 16.4. The fourth-order valence-corrected chi connectivity index (χ4v) is 2.69. The van der Waals surface area contributed by atoms with Crippen molar-refractivity contribution in [2.75, 3.05) is 18.4 Å². The summed E-state index contributed by atoms with van der Waals surface area (Å²) in [5, 5.41) is 12.0. The quantitative estimate of drug-likeness (QED) is 0.895. The van der Waals surface area contributed by atoms with Crippen LogP contribution >= 0.6 is 0 Å². The normalized spacial score (nSPS) is 18.3. The predicted octanol–water partition coefficient (Wildman–Crippen LogP) is 2.97. The van der Waals surface area contributed by atoms with E-state index in [9.17, 15) is 9.59 Å². The molecule has 1 aromatic rings. The number of carboxylic acids is 1. The van der Waals surface area contributed by atoms with E-state index in [1.807, 2.05) is 24.3 Å². The van der Waals surface area contributed by atoms with Gasteiger partial charge >= 0.3 is 12.0 Å². The van der Waals surface area contributed by atoms with Gasteiger partial charge in [0.15, 0.2) is 0 Å². The molecule has 1 aromatic carbocycles. The number of aliphatic carboxylic acids is 1. The van der Waals surface area contributed by atoms with Gasteiger partial charge in [0.2, 0.25) is 0 Å². The largest absolute Gasteiger partial charge is 0.481 e. The van der Waals surface area contributed by atoms with E-state index < -0.39 is 11.9 Å². The lowest BCUT2D eigenvalue weighted by Crippen LogP contribution is -2.44. The Hall–Kier alpha value is -2.04. The Morgan fingerprint density at radius 3 is 2.86 bits per heavy atom. The van der Waals surface area contributed by atoms with Crippen molar-refractivity contribution in [3.63, 3.8) is 0 Å². The monoisotopic (exact) mass is 290 g/mol. The van der Waals surface area contributed by atoms with E-state index in [1.165, 1.54) is 0 Å². The number of nitrogens with one attached hydrogen (secondary N) is 1.